The van der Waals surface area contributed by atoms with Crippen LogP contribution >= 0.6 is 23.1 Å². The fourth-order valence-corrected chi connectivity index (χ4v) is 4.70. The van der Waals surface area contributed by atoms with Crippen LogP contribution in [0.2, 0.25) is 0 Å². The molecule has 1 aliphatic rings. The highest BCUT2D eigenvalue weighted by atomic mass is 32.2. The topological polar surface area (TPSA) is 54.9 Å². The van der Waals surface area contributed by atoms with Crippen LogP contribution in [0.15, 0.2) is 22.8 Å². The molecule has 4 nitrogen and oxygen atoms in total. The Morgan fingerprint density at radius 1 is 1.33 bits per heavy atom. The lowest BCUT2D eigenvalue weighted by Gasteiger charge is -2.33. The first-order chi connectivity index (χ1) is 11.4. The van der Waals surface area contributed by atoms with Crippen molar-refractivity contribution < 1.29 is 18.0 Å². The van der Waals surface area contributed by atoms with E-state index in [1.165, 1.54) is 29.4 Å². The molecule has 2 aromatic heterocycles. The number of alkyl halides is 3. The number of carbonyl (C=O) groups is 1. The highest BCUT2D eigenvalue weighted by Crippen LogP contribution is 2.37. The number of nitrogens with one attached hydrogen (secondary N) is 1. The maximum absolute atomic E-state index is 13.1. The zero-order valence-electron chi connectivity index (χ0n) is 12.7. The molecule has 1 N–H and O–H groups in total. The number of hydrogen-bond acceptors (Lipinski definition) is 5. The fourth-order valence-electron chi connectivity index (χ4n) is 2.95. The average Bonchev–Trinajstić information content (AvgIpc) is 3.01. The summed E-state index contributed by atoms with van der Waals surface area (Å²) in [6.45, 7) is 0. The van der Waals surface area contributed by atoms with Crippen LogP contribution in [-0.4, -0.2) is 33.8 Å². The van der Waals surface area contributed by atoms with Gasteiger partial charge >= 0.3 is 6.18 Å². The first-order valence-corrected chi connectivity index (χ1v) is 9.49. The molecular weight excluding hydrogens is 359 g/mol. The van der Waals surface area contributed by atoms with Crippen molar-refractivity contribution in [2.24, 2.45) is 5.92 Å². The van der Waals surface area contributed by atoms with E-state index in [-0.39, 0.29) is 18.1 Å². The average molecular weight is 375 g/mol. The Kier molecular flexibility index (Phi) is 5.29. The van der Waals surface area contributed by atoms with E-state index in [2.05, 4.69) is 15.3 Å². The van der Waals surface area contributed by atoms with Crippen LogP contribution in [0.4, 0.5) is 13.2 Å². The highest BCUT2D eigenvalue weighted by Gasteiger charge is 2.45. The zero-order chi connectivity index (χ0) is 17.2. The van der Waals surface area contributed by atoms with Crippen LogP contribution in [0, 0.1) is 5.92 Å². The summed E-state index contributed by atoms with van der Waals surface area (Å²) in [5, 5.41) is 5.14. The molecule has 1 fully saturated rings. The van der Waals surface area contributed by atoms with Crippen molar-refractivity contribution in [1.82, 2.24) is 15.3 Å². The third kappa shape index (κ3) is 4.00. The summed E-state index contributed by atoms with van der Waals surface area (Å²) in [7, 11) is 0. The van der Waals surface area contributed by atoms with Crippen molar-refractivity contribution in [3.8, 4) is 0 Å². The van der Waals surface area contributed by atoms with Gasteiger partial charge in [0.1, 0.15) is 11.4 Å². The van der Waals surface area contributed by atoms with Crippen molar-refractivity contribution in [3.05, 3.63) is 17.8 Å². The minimum absolute atomic E-state index is 0.0467. The van der Waals surface area contributed by atoms with Gasteiger partial charge < -0.3 is 5.32 Å². The standard InChI is InChI=1S/C15H16F3N3OS2/c16-15(17,18)9-3-1-2-4-10(9)21-12(22)7-24-14-13-11(5-6-23-13)19-8-20-14/h5-6,8-10H,1-4,7H2,(H,21,22)/t9-,10+/m1/s1. The number of rotatable bonds is 4. The molecular formula is C15H16F3N3OS2. The second-order valence-corrected chi connectivity index (χ2v) is 7.59. The van der Waals surface area contributed by atoms with Crippen LogP contribution < -0.4 is 5.32 Å². The minimum atomic E-state index is -4.26. The van der Waals surface area contributed by atoms with Gasteiger partial charge in [-0.3, -0.25) is 4.79 Å². The van der Waals surface area contributed by atoms with Crippen molar-refractivity contribution >= 4 is 39.2 Å². The molecule has 2 heterocycles. The van der Waals surface area contributed by atoms with Gasteiger partial charge in [-0.2, -0.15) is 13.2 Å². The Hall–Kier alpha value is -1.35. The number of thiophene rings is 1. The van der Waals surface area contributed by atoms with E-state index < -0.39 is 18.1 Å². The van der Waals surface area contributed by atoms with E-state index in [9.17, 15) is 18.0 Å². The number of carbonyl (C=O) groups excluding carboxylic acids is 1. The van der Waals surface area contributed by atoms with Gasteiger partial charge in [0.15, 0.2) is 0 Å². The second-order valence-electron chi connectivity index (χ2n) is 5.71. The van der Waals surface area contributed by atoms with Gasteiger partial charge in [0, 0.05) is 6.04 Å². The van der Waals surface area contributed by atoms with Crippen molar-refractivity contribution in [2.45, 2.75) is 42.9 Å². The van der Waals surface area contributed by atoms with Crippen LogP contribution in [-0.2, 0) is 4.79 Å². The van der Waals surface area contributed by atoms with Gasteiger partial charge in [0.25, 0.3) is 0 Å². The second kappa shape index (κ2) is 7.26. The van der Waals surface area contributed by atoms with Gasteiger partial charge in [-0.05, 0) is 24.3 Å². The summed E-state index contributed by atoms with van der Waals surface area (Å²) in [5.74, 6) is -1.78. The molecule has 1 saturated carbocycles. The smallest absolute Gasteiger partial charge is 0.352 e. The summed E-state index contributed by atoms with van der Waals surface area (Å²) in [6.07, 6.45) is -1.10. The van der Waals surface area contributed by atoms with E-state index in [0.717, 1.165) is 10.2 Å². The molecule has 0 bridgehead atoms. The monoisotopic (exact) mass is 375 g/mol. The molecule has 24 heavy (non-hydrogen) atoms. The SMILES string of the molecule is O=C(CSc1ncnc2ccsc12)N[C@H]1CCCC[C@H]1C(F)(F)F. The van der Waals surface area contributed by atoms with Crippen molar-refractivity contribution in [1.29, 1.82) is 0 Å². The molecule has 2 atom stereocenters. The predicted molar refractivity (Wildman–Crippen MR) is 88.1 cm³/mol. The lowest BCUT2D eigenvalue weighted by Crippen LogP contribution is -2.48. The van der Waals surface area contributed by atoms with Crippen LogP contribution in [0.1, 0.15) is 25.7 Å². The molecule has 2 aromatic rings. The van der Waals surface area contributed by atoms with Crippen LogP contribution in [0.25, 0.3) is 10.2 Å². The van der Waals surface area contributed by atoms with Crippen molar-refractivity contribution in [2.75, 3.05) is 5.75 Å². The van der Waals surface area contributed by atoms with E-state index in [4.69, 9.17) is 0 Å². The van der Waals surface area contributed by atoms with Gasteiger partial charge in [-0.25, -0.2) is 9.97 Å². The van der Waals surface area contributed by atoms with Gasteiger partial charge in [0.05, 0.1) is 21.9 Å². The maximum atomic E-state index is 13.1. The predicted octanol–water partition coefficient (Wildman–Crippen LogP) is 4.02. The third-order valence-electron chi connectivity index (χ3n) is 4.08. The van der Waals surface area contributed by atoms with E-state index in [1.54, 1.807) is 0 Å². The molecule has 0 aromatic carbocycles. The molecule has 0 spiro atoms. The summed E-state index contributed by atoms with van der Waals surface area (Å²) in [4.78, 5) is 20.4. The molecule has 1 amide bonds. The number of nitrogens with zero attached hydrogens (tertiary/aromatic N) is 2. The number of aromatic nitrogens is 2. The Bertz CT molecular complexity index is 719. The Morgan fingerprint density at radius 3 is 2.92 bits per heavy atom. The van der Waals surface area contributed by atoms with Gasteiger partial charge in [0.2, 0.25) is 5.91 Å². The molecule has 0 radical (unpaired) electrons. The molecule has 1 aliphatic carbocycles. The van der Waals surface area contributed by atoms with Crippen LogP contribution in [0.3, 0.4) is 0 Å². The molecule has 3 rings (SSSR count). The largest absolute Gasteiger partial charge is 0.393 e. The number of amides is 1. The summed E-state index contributed by atoms with van der Waals surface area (Å²) >= 11 is 2.70. The first-order valence-electron chi connectivity index (χ1n) is 7.62. The Morgan fingerprint density at radius 2 is 2.12 bits per heavy atom. The Balaban J connectivity index is 1.60. The van der Waals surface area contributed by atoms with Crippen LogP contribution in [0.5, 0.6) is 0 Å². The lowest BCUT2D eigenvalue weighted by atomic mass is 9.84. The fraction of sp³-hybridized carbons (Fsp3) is 0.533. The number of halogens is 3. The summed E-state index contributed by atoms with van der Waals surface area (Å²) in [6, 6.07) is 1.04. The molecule has 0 unspecified atom stereocenters. The summed E-state index contributed by atoms with van der Waals surface area (Å²) < 4.78 is 40.1. The molecule has 0 aliphatic heterocycles. The Labute approximate surface area is 145 Å². The van der Waals surface area contributed by atoms with E-state index in [1.807, 2.05) is 11.4 Å². The zero-order valence-corrected chi connectivity index (χ0v) is 14.3. The molecule has 9 heteroatoms. The number of fused-ring (bicyclic) bond motifs is 1. The minimum Gasteiger partial charge on any atom is -0.352 e. The number of hydrogen-bond donors (Lipinski definition) is 1. The first kappa shape index (κ1) is 17.5. The quantitative estimate of drug-likeness (QED) is 0.648. The lowest BCUT2D eigenvalue weighted by molar-refractivity contribution is -0.189. The normalized spacial score (nSPS) is 21.8. The van der Waals surface area contributed by atoms with Gasteiger partial charge in [-0.15, -0.1) is 11.3 Å². The van der Waals surface area contributed by atoms with E-state index in [0.29, 0.717) is 24.3 Å². The highest BCUT2D eigenvalue weighted by molar-refractivity contribution is 8.00. The third-order valence-corrected chi connectivity index (χ3v) is 6.11. The molecule has 130 valence electrons. The van der Waals surface area contributed by atoms with E-state index >= 15 is 0 Å². The maximum Gasteiger partial charge on any atom is 0.393 e. The van der Waals surface area contributed by atoms with Crippen molar-refractivity contribution in [3.63, 3.8) is 0 Å². The van der Waals surface area contributed by atoms with Gasteiger partial charge in [-0.1, -0.05) is 24.6 Å². The summed E-state index contributed by atoms with van der Waals surface area (Å²) in [5.41, 5.74) is 0.808. The molecule has 0 saturated heterocycles. The number of thioether (sulfide) groups is 1.